The molecule has 0 heterocycles. The SMILES string of the molecule is COc1cc(CNc2cc(Cl)c(O)c(Cl)c2)cc(Br)c1OCc1ccc(C)cc1. The molecule has 152 valence electrons. The molecule has 0 amide bonds. The summed E-state index contributed by atoms with van der Waals surface area (Å²) in [7, 11) is 1.61. The van der Waals surface area contributed by atoms with Crippen LogP contribution in [0.5, 0.6) is 17.2 Å². The van der Waals surface area contributed by atoms with E-state index in [2.05, 4.69) is 40.3 Å². The van der Waals surface area contributed by atoms with Crippen LogP contribution in [-0.4, -0.2) is 12.2 Å². The average molecular weight is 497 g/mol. The maximum absolute atomic E-state index is 9.67. The molecular weight excluding hydrogens is 477 g/mol. The topological polar surface area (TPSA) is 50.7 Å². The predicted molar refractivity (Wildman–Crippen MR) is 122 cm³/mol. The molecule has 0 atom stereocenters. The Hall–Kier alpha value is -2.08. The van der Waals surface area contributed by atoms with Crippen molar-refractivity contribution in [2.24, 2.45) is 0 Å². The third-order valence-electron chi connectivity index (χ3n) is 4.31. The van der Waals surface area contributed by atoms with Crippen LogP contribution in [0.15, 0.2) is 53.0 Å². The van der Waals surface area contributed by atoms with Gasteiger partial charge in [-0.2, -0.15) is 0 Å². The molecule has 3 aromatic carbocycles. The lowest BCUT2D eigenvalue weighted by Gasteiger charge is -2.15. The van der Waals surface area contributed by atoms with Crippen LogP contribution < -0.4 is 14.8 Å². The number of phenolic OH excluding ortho intramolecular Hbond substituents is 1. The van der Waals surface area contributed by atoms with Gasteiger partial charge in [-0.1, -0.05) is 53.0 Å². The van der Waals surface area contributed by atoms with E-state index in [9.17, 15) is 5.11 Å². The first-order valence-electron chi connectivity index (χ1n) is 8.84. The third-order valence-corrected chi connectivity index (χ3v) is 5.47. The first-order valence-corrected chi connectivity index (χ1v) is 10.4. The number of methoxy groups -OCH3 is 1. The molecule has 0 saturated heterocycles. The minimum atomic E-state index is -0.127. The zero-order valence-electron chi connectivity index (χ0n) is 15.9. The quantitative estimate of drug-likeness (QED) is 0.347. The van der Waals surface area contributed by atoms with E-state index in [0.717, 1.165) is 15.6 Å². The number of anilines is 1. The second kappa shape index (κ2) is 9.61. The van der Waals surface area contributed by atoms with Gasteiger partial charge in [0.15, 0.2) is 17.2 Å². The number of benzene rings is 3. The molecule has 0 bridgehead atoms. The predicted octanol–water partition coefficient (Wildman–Crippen LogP) is 6.97. The molecule has 7 heteroatoms. The zero-order valence-corrected chi connectivity index (χ0v) is 19.0. The van der Waals surface area contributed by atoms with Gasteiger partial charge in [-0.05, 0) is 58.2 Å². The van der Waals surface area contributed by atoms with Crippen molar-refractivity contribution in [1.29, 1.82) is 0 Å². The molecule has 0 unspecified atom stereocenters. The molecular formula is C22H20BrCl2NO3. The zero-order chi connectivity index (χ0) is 21.0. The van der Waals surface area contributed by atoms with Gasteiger partial charge in [0.1, 0.15) is 6.61 Å². The van der Waals surface area contributed by atoms with Crippen molar-refractivity contribution in [1.82, 2.24) is 0 Å². The van der Waals surface area contributed by atoms with E-state index in [1.807, 2.05) is 24.3 Å². The Morgan fingerprint density at radius 3 is 2.28 bits per heavy atom. The molecule has 0 aliphatic heterocycles. The molecule has 3 rings (SSSR count). The summed E-state index contributed by atoms with van der Waals surface area (Å²) in [5.74, 6) is 1.15. The summed E-state index contributed by atoms with van der Waals surface area (Å²) in [4.78, 5) is 0. The number of aryl methyl sites for hydroxylation is 1. The van der Waals surface area contributed by atoms with Crippen molar-refractivity contribution in [3.63, 3.8) is 0 Å². The van der Waals surface area contributed by atoms with Gasteiger partial charge >= 0.3 is 0 Å². The normalized spacial score (nSPS) is 10.7. The fourth-order valence-corrected chi connectivity index (χ4v) is 3.82. The lowest BCUT2D eigenvalue weighted by atomic mass is 10.1. The standard InChI is InChI=1S/C22H20BrCl2NO3/c1-13-3-5-14(6-4-13)12-29-22-17(23)7-15(8-20(22)28-2)11-26-16-9-18(24)21(27)19(25)10-16/h3-10,26-27H,11-12H2,1-2H3. The van der Waals surface area contributed by atoms with Crippen molar-refractivity contribution in [3.8, 4) is 17.2 Å². The van der Waals surface area contributed by atoms with E-state index >= 15 is 0 Å². The first-order chi connectivity index (χ1) is 13.9. The Morgan fingerprint density at radius 2 is 1.66 bits per heavy atom. The van der Waals surface area contributed by atoms with Crippen molar-refractivity contribution in [2.75, 3.05) is 12.4 Å². The number of ether oxygens (including phenoxy) is 2. The summed E-state index contributed by atoms with van der Waals surface area (Å²) in [6.45, 7) is 3.00. The van der Waals surface area contributed by atoms with Gasteiger partial charge < -0.3 is 19.9 Å². The molecule has 3 aromatic rings. The Bertz CT molecular complexity index is 987. The first kappa shape index (κ1) is 21.6. The van der Waals surface area contributed by atoms with Crippen LogP contribution in [0.4, 0.5) is 5.69 Å². The van der Waals surface area contributed by atoms with Crippen LogP contribution in [-0.2, 0) is 13.2 Å². The Balaban J connectivity index is 1.73. The average Bonchev–Trinajstić information content (AvgIpc) is 2.70. The van der Waals surface area contributed by atoms with Gasteiger partial charge in [0.25, 0.3) is 0 Å². The lowest BCUT2D eigenvalue weighted by Crippen LogP contribution is -2.03. The van der Waals surface area contributed by atoms with Crippen LogP contribution in [0.25, 0.3) is 0 Å². The minimum absolute atomic E-state index is 0.127. The summed E-state index contributed by atoms with van der Waals surface area (Å²) < 4.78 is 12.3. The number of nitrogens with one attached hydrogen (secondary N) is 1. The second-order valence-electron chi connectivity index (χ2n) is 6.53. The number of hydrogen-bond donors (Lipinski definition) is 2. The third kappa shape index (κ3) is 5.50. The number of rotatable bonds is 7. The van der Waals surface area contributed by atoms with Gasteiger partial charge in [-0.25, -0.2) is 0 Å². The van der Waals surface area contributed by atoms with E-state index in [1.165, 1.54) is 5.56 Å². The molecule has 0 radical (unpaired) electrons. The Kier molecular flexibility index (Phi) is 7.17. The van der Waals surface area contributed by atoms with Gasteiger partial charge in [-0.15, -0.1) is 0 Å². The van der Waals surface area contributed by atoms with Crippen LogP contribution in [0.2, 0.25) is 10.0 Å². The van der Waals surface area contributed by atoms with Gasteiger partial charge in [-0.3, -0.25) is 0 Å². The molecule has 0 aliphatic rings. The Labute approximate surface area is 188 Å². The Morgan fingerprint density at radius 1 is 1.00 bits per heavy atom. The highest BCUT2D eigenvalue weighted by molar-refractivity contribution is 9.10. The number of hydrogen-bond acceptors (Lipinski definition) is 4. The number of phenols is 1. The maximum Gasteiger partial charge on any atom is 0.175 e. The van der Waals surface area contributed by atoms with Crippen LogP contribution >= 0.6 is 39.1 Å². The second-order valence-corrected chi connectivity index (χ2v) is 8.19. The van der Waals surface area contributed by atoms with E-state index < -0.39 is 0 Å². The molecule has 0 fully saturated rings. The smallest absolute Gasteiger partial charge is 0.175 e. The monoisotopic (exact) mass is 495 g/mol. The fraction of sp³-hybridized carbons (Fsp3) is 0.182. The molecule has 2 N–H and O–H groups in total. The minimum Gasteiger partial charge on any atom is -0.505 e. The highest BCUT2D eigenvalue weighted by atomic mass is 79.9. The van der Waals surface area contributed by atoms with Crippen molar-refractivity contribution >= 4 is 44.8 Å². The van der Waals surface area contributed by atoms with E-state index in [-0.39, 0.29) is 15.8 Å². The molecule has 0 aromatic heterocycles. The largest absolute Gasteiger partial charge is 0.505 e. The van der Waals surface area contributed by atoms with E-state index in [0.29, 0.717) is 30.3 Å². The maximum atomic E-state index is 9.67. The van der Waals surface area contributed by atoms with Gasteiger partial charge in [0.2, 0.25) is 0 Å². The molecule has 0 saturated carbocycles. The van der Waals surface area contributed by atoms with Crippen molar-refractivity contribution in [3.05, 3.63) is 79.7 Å². The summed E-state index contributed by atoms with van der Waals surface area (Å²) in [5, 5.41) is 13.3. The van der Waals surface area contributed by atoms with Crippen molar-refractivity contribution in [2.45, 2.75) is 20.1 Å². The number of aromatic hydroxyl groups is 1. The summed E-state index contributed by atoms with van der Waals surface area (Å²) in [6, 6.07) is 15.3. The van der Waals surface area contributed by atoms with Crippen LogP contribution in [0, 0.1) is 6.92 Å². The highest BCUT2D eigenvalue weighted by Crippen LogP contribution is 2.38. The molecule has 0 aliphatic carbocycles. The summed E-state index contributed by atoms with van der Waals surface area (Å²) in [6.07, 6.45) is 0. The lowest BCUT2D eigenvalue weighted by molar-refractivity contribution is 0.282. The van der Waals surface area contributed by atoms with E-state index in [4.69, 9.17) is 32.7 Å². The van der Waals surface area contributed by atoms with Gasteiger partial charge in [0.05, 0.1) is 21.6 Å². The molecule has 0 spiro atoms. The summed E-state index contributed by atoms with van der Waals surface area (Å²) >= 11 is 15.5. The fourth-order valence-electron chi connectivity index (χ4n) is 2.73. The van der Waals surface area contributed by atoms with E-state index in [1.54, 1.807) is 19.2 Å². The molecule has 4 nitrogen and oxygen atoms in total. The van der Waals surface area contributed by atoms with Gasteiger partial charge in [0, 0.05) is 12.2 Å². The molecule has 29 heavy (non-hydrogen) atoms. The van der Waals surface area contributed by atoms with Crippen LogP contribution in [0.3, 0.4) is 0 Å². The van der Waals surface area contributed by atoms with Crippen LogP contribution in [0.1, 0.15) is 16.7 Å². The van der Waals surface area contributed by atoms with Crippen molar-refractivity contribution < 1.29 is 14.6 Å². The highest BCUT2D eigenvalue weighted by Gasteiger charge is 2.13. The summed E-state index contributed by atoms with van der Waals surface area (Å²) in [5.41, 5.74) is 3.96. The number of halogens is 3.